The van der Waals surface area contributed by atoms with Gasteiger partial charge in [0.05, 0.1) is 6.04 Å². The normalized spacial score (nSPS) is 13.3. The van der Waals surface area contributed by atoms with E-state index in [1.54, 1.807) is 12.4 Å². The largest absolute Gasteiger partial charge is 0.336 e. The van der Waals surface area contributed by atoms with Gasteiger partial charge in [-0.2, -0.15) is 0 Å². The highest BCUT2D eigenvalue weighted by atomic mass is 16.2. The zero-order valence-electron chi connectivity index (χ0n) is 13.8. The minimum atomic E-state index is -0.503. The van der Waals surface area contributed by atoms with Crippen LogP contribution in [-0.2, 0) is 11.3 Å². The van der Waals surface area contributed by atoms with Gasteiger partial charge in [0.1, 0.15) is 0 Å². The summed E-state index contributed by atoms with van der Waals surface area (Å²) in [6.07, 6.45) is 3.52. The zero-order chi connectivity index (χ0) is 16.0. The molecule has 0 spiro atoms. The summed E-state index contributed by atoms with van der Waals surface area (Å²) in [5.74, 6) is -0.00629. The number of nitrogens with zero attached hydrogens (tertiary/aromatic N) is 3. The monoisotopic (exact) mass is 292 g/mol. The molecule has 0 bridgehead atoms. The molecule has 0 fully saturated rings. The quantitative estimate of drug-likeness (QED) is 0.859. The fraction of sp³-hybridized carbons (Fsp3) is 0.625. The lowest BCUT2D eigenvalue weighted by molar-refractivity contribution is -0.135. The molecule has 0 radical (unpaired) electrons. The molecule has 5 heteroatoms. The van der Waals surface area contributed by atoms with Gasteiger partial charge < -0.3 is 15.5 Å². The Hall–Kier alpha value is -1.46. The first-order valence-corrected chi connectivity index (χ1v) is 7.30. The Balaban J connectivity index is 2.83. The molecule has 0 saturated heterocycles. The summed E-state index contributed by atoms with van der Waals surface area (Å²) in [7, 11) is 3.99. The van der Waals surface area contributed by atoms with Crippen molar-refractivity contribution in [1.82, 2.24) is 14.8 Å². The molecule has 0 unspecified atom stereocenters. The van der Waals surface area contributed by atoms with Crippen molar-refractivity contribution in [3.63, 3.8) is 0 Å². The first-order chi connectivity index (χ1) is 9.71. The standard InChI is InChI=1S/C16H28N4O/c1-16(2,3)14(17)15(21)20(10-9-19(4)5)12-13-7-6-8-18-11-13/h6-8,11,14H,9-10,12,17H2,1-5H3/t14-/m0/s1. The summed E-state index contributed by atoms with van der Waals surface area (Å²) in [5, 5.41) is 0. The Labute approximate surface area is 128 Å². The average molecular weight is 292 g/mol. The first-order valence-electron chi connectivity index (χ1n) is 7.30. The van der Waals surface area contributed by atoms with Crippen LogP contribution in [0.15, 0.2) is 24.5 Å². The minimum Gasteiger partial charge on any atom is -0.336 e. The second-order valence-corrected chi connectivity index (χ2v) is 6.77. The SMILES string of the molecule is CN(C)CCN(Cc1cccnc1)C(=O)[C@H](N)C(C)(C)C. The average Bonchev–Trinajstić information content (AvgIpc) is 2.41. The number of nitrogens with two attached hydrogens (primary N) is 1. The first kappa shape index (κ1) is 17.6. The molecule has 0 aromatic carbocycles. The van der Waals surface area contributed by atoms with Crippen molar-refractivity contribution in [2.75, 3.05) is 27.2 Å². The highest BCUT2D eigenvalue weighted by Crippen LogP contribution is 2.20. The predicted octanol–water partition coefficient (Wildman–Crippen LogP) is 1.35. The van der Waals surface area contributed by atoms with Gasteiger partial charge in [0.2, 0.25) is 5.91 Å². The van der Waals surface area contributed by atoms with E-state index in [4.69, 9.17) is 5.73 Å². The summed E-state index contributed by atoms with van der Waals surface area (Å²) < 4.78 is 0. The molecule has 1 aromatic heterocycles. The highest BCUT2D eigenvalue weighted by Gasteiger charge is 2.31. The Bertz CT molecular complexity index is 439. The number of hydrogen-bond acceptors (Lipinski definition) is 4. The van der Waals surface area contributed by atoms with E-state index in [0.717, 1.165) is 12.1 Å². The third-order valence-electron chi connectivity index (χ3n) is 3.42. The van der Waals surface area contributed by atoms with E-state index in [-0.39, 0.29) is 11.3 Å². The molecule has 1 amide bonds. The van der Waals surface area contributed by atoms with Crippen molar-refractivity contribution in [3.8, 4) is 0 Å². The lowest BCUT2D eigenvalue weighted by Crippen LogP contribution is -2.51. The van der Waals surface area contributed by atoms with Crippen molar-refractivity contribution in [2.45, 2.75) is 33.4 Å². The molecule has 5 nitrogen and oxygen atoms in total. The van der Waals surface area contributed by atoms with E-state index in [2.05, 4.69) is 9.88 Å². The van der Waals surface area contributed by atoms with E-state index in [0.29, 0.717) is 13.1 Å². The van der Waals surface area contributed by atoms with Gasteiger partial charge in [0.25, 0.3) is 0 Å². The molecule has 21 heavy (non-hydrogen) atoms. The number of carbonyl (C=O) groups is 1. The van der Waals surface area contributed by atoms with Crippen molar-refractivity contribution in [1.29, 1.82) is 0 Å². The Morgan fingerprint density at radius 1 is 1.33 bits per heavy atom. The van der Waals surface area contributed by atoms with Gasteiger partial charge in [-0.15, -0.1) is 0 Å². The number of carbonyl (C=O) groups excluding carboxylic acids is 1. The van der Waals surface area contributed by atoms with Crippen LogP contribution in [-0.4, -0.2) is 53.9 Å². The smallest absolute Gasteiger partial charge is 0.240 e. The van der Waals surface area contributed by atoms with Crippen LogP contribution in [0.4, 0.5) is 0 Å². The third-order valence-corrected chi connectivity index (χ3v) is 3.42. The van der Waals surface area contributed by atoms with Crippen LogP contribution in [0.2, 0.25) is 0 Å². The summed E-state index contributed by atoms with van der Waals surface area (Å²) in [6, 6.07) is 3.36. The molecular weight excluding hydrogens is 264 g/mol. The van der Waals surface area contributed by atoms with Gasteiger partial charge in [-0.1, -0.05) is 26.8 Å². The fourth-order valence-corrected chi connectivity index (χ4v) is 1.87. The van der Waals surface area contributed by atoms with Crippen LogP contribution in [0.3, 0.4) is 0 Å². The summed E-state index contributed by atoms with van der Waals surface area (Å²) in [5.41, 5.74) is 6.91. The van der Waals surface area contributed by atoms with Gasteiger partial charge in [-0.05, 0) is 31.1 Å². The molecule has 1 atom stereocenters. The fourth-order valence-electron chi connectivity index (χ4n) is 1.87. The van der Waals surface area contributed by atoms with Gasteiger partial charge in [0, 0.05) is 32.0 Å². The predicted molar refractivity (Wildman–Crippen MR) is 85.6 cm³/mol. The maximum atomic E-state index is 12.7. The van der Waals surface area contributed by atoms with Gasteiger partial charge in [-0.25, -0.2) is 0 Å². The van der Waals surface area contributed by atoms with Crippen LogP contribution in [0.25, 0.3) is 0 Å². The molecule has 0 aliphatic rings. The number of likely N-dealkylation sites (N-methyl/N-ethyl adjacent to an activating group) is 1. The van der Waals surface area contributed by atoms with Crippen molar-refractivity contribution in [2.24, 2.45) is 11.1 Å². The summed E-state index contributed by atoms with van der Waals surface area (Å²) in [6.45, 7) is 7.98. The molecule has 0 aliphatic heterocycles. The Kier molecular flexibility index (Phi) is 6.30. The second-order valence-electron chi connectivity index (χ2n) is 6.77. The summed E-state index contributed by atoms with van der Waals surface area (Å²) >= 11 is 0. The van der Waals surface area contributed by atoms with Crippen molar-refractivity contribution < 1.29 is 4.79 Å². The van der Waals surface area contributed by atoms with Crippen LogP contribution in [0, 0.1) is 5.41 Å². The molecule has 2 N–H and O–H groups in total. The Morgan fingerprint density at radius 2 is 2.00 bits per heavy atom. The molecular formula is C16H28N4O. The van der Waals surface area contributed by atoms with Crippen LogP contribution < -0.4 is 5.73 Å². The number of rotatable bonds is 6. The van der Waals surface area contributed by atoms with Gasteiger partial charge in [-0.3, -0.25) is 9.78 Å². The maximum Gasteiger partial charge on any atom is 0.240 e. The van der Waals surface area contributed by atoms with E-state index in [1.165, 1.54) is 0 Å². The van der Waals surface area contributed by atoms with E-state index in [9.17, 15) is 4.79 Å². The number of hydrogen-bond donors (Lipinski definition) is 1. The highest BCUT2D eigenvalue weighted by molar-refractivity contribution is 5.82. The van der Waals surface area contributed by atoms with Gasteiger partial charge >= 0.3 is 0 Å². The van der Waals surface area contributed by atoms with E-state index >= 15 is 0 Å². The number of aromatic nitrogens is 1. The van der Waals surface area contributed by atoms with Crippen LogP contribution >= 0.6 is 0 Å². The minimum absolute atomic E-state index is 0.00629. The van der Waals surface area contributed by atoms with Crippen LogP contribution in [0.5, 0.6) is 0 Å². The Morgan fingerprint density at radius 3 is 2.48 bits per heavy atom. The lowest BCUT2D eigenvalue weighted by atomic mass is 9.86. The molecule has 118 valence electrons. The topological polar surface area (TPSA) is 62.5 Å². The van der Waals surface area contributed by atoms with Crippen molar-refractivity contribution >= 4 is 5.91 Å². The maximum absolute atomic E-state index is 12.7. The molecule has 0 aliphatic carbocycles. The number of pyridine rings is 1. The van der Waals surface area contributed by atoms with E-state index < -0.39 is 6.04 Å². The number of amides is 1. The van der Waals surface area contributed by atoms with Gasteiger partial charge in [0.15, 0.2) is 0 Å². The molecule has 0 saturated carbocycles. The van der Waals surface area contributed by atoms with Crippen LogP contribution in [0.1, 0.15) is 26.3 Å². The second kappa shape index (κ2) is 7.52. The zero-order valence-corrected chi connectivity index (χ0v) is 13.8. The summed E-state index contributed by atoms with van der Waals surface area (Å²) in [4.78, 5) is 20.7. The third kappa shape index (κ3) is 5.81. The van der Waals surface area contributed by atoms with E-state index in [1.807, 2.05) is 51.9 Å². The molecule has 1 rings (SSSR count). The molecule has 1 aromatic rings. The molecule has 1 heterocycles. The lowest BCUT2D eigenvalue weighted by Gasteiger charge is -2.32. The van der Waals surface area contributed by atoms with Crippen molar-refractivity contribution in [3.05, 3.63) is 30.1 Å².